The zero-order valence-electron chi connectivity index (χ0n) is 16.1. The maximum atomic E-state index is 11.0. The smallest absolute Gasteiger partial charge is 0.407 e. The summed E-state index contributed by atoms with van der Waals surface area (Å²) in [4.78, 5) is 25.3. The lowest BCUT2D eigenvalue weighted by Gasteiger charge is -2.23. The van der Waals surface area contributed by atoms with Crippen molar-refractivity contribution in [2.24, 2.45) is 0 Å². The third-order valence-corrected chi connectivity index (χ3v) is 4.90. The molecule has 0 radical (unpaired) electrons. The predicted octanol–water partition coefficient (Wildman–Crippen LogP) is 2.62. The van der Waals surface area contributed by atoms with E-state index in [1.165, 1.54) is 10.5 Å². The van der Waals surface area contributed by atoms with Crippen molar-refractivity contribution in [3.05, 3.63) is 47.8 Å². The molecule has 3 N–H and O–H groups in total. The van der Waals surface area contributed by atoms with Crippen molar-refractivity contribution in [1.82, 2.24) is 24.4 Å². The molecule has 4 rings (SSSR count). The molecule has 150 valence electrons. The van der Waals surface area contributed by atoms with Crippen LogP contribution in [0.15, 0.2) is 36.7 Å². The van der Waals surface area contributed by atoms with Crippen LogP contribution in [0, 0.1) is 0 Å². The van der Waals surface area contributed by atoms with Gasteiger partial charge >= 0.3 is 12.1 Å². The van der Waals surface area contributed by atoms with Crippen LogP contribution in [0.2, 0.25) is 0 Å². The molecular weight excluding hydrogens is 372 g/mol. The van der Waals surface area contributed by atoms with Crippen molar-refractivity contribution in [3.63, 3.8) is 0 Å². The van der Waals surface area contributed by atoms with E-state index in [0.29, 0.717) is 49.6 Å². The largest absolute Gasteiger partial charge is 0.465 e. The molecule has 3 aromatic rings. The normalized spacial score (nSPS) is 14.1. The lowest BCUT2D eigenvalue weighted by atomic mass is 9.98. The molecule has 0 saturated heterocycles. The maximum Gasteiger partial charge on any atom is 0.407 e. The number of benzene rings is 1. The molecule has 1 aromatic carbocycles. The second kappa shape index (κ2) is 7.78. The number of imidazole rings is 1. The van der Waals surface area contributed by atoms with Gasteiger partial charge in [-0.05, 0) is 30.0 Å². The Balaban J connectivity index is 1.53. The first-order valence-corrected chi connectivity index (χ1v) is 9.42. The Morgan fingerprint density at radius 3 is 2.72 bits per heavy atom. The second-order valence-electron chi connectivity index (χ2n) is 6.77. The zero-order chi connectivity index (χ0) is 20.4. The molecule has 9 nitrogen and oxygen atoms in total. The Bertz CT molecular complexity index is 1070. The van der Waals surface area contributed by atoms with Gasteiger partial charge in [0.25, 0.3) is 0 Å². The lowest BCUT2D eigenvalue weighted by molar-refractivity contribution is 0.150. The molecule has 0 spiro atoms. The molecule has 0 saturated carbocycles. The molecule has 1 amide bonds. The average molecular weight is 394 g/mol. The molecular formula is C20H22N6O3. The molecule has 0 bridgehead atoms. The van der Waals surface area contributed by atoms with Crippen LogP contribution in [0.1, 0.15) is 24.5 Å². The van der Waals surface area contributed by atoms with E-state index in [0.717, 1.165) is 11.1 Å². The number of carboxylic acid groups (broad SMARTS) is 1. The van der Waals surface area contributed by atoms with Crippen molar-refractivity contribution in [2.75, 3.05) is 25.4 Å². The van der Waals surface area contributed by atoms with Crippen molar-refractivity contribution in [2.45, 2.75) is 19.9 Å². The summed E-state index contributed by atoms with van der Waals surface area (Å²) in [5.41, 5.74) is 10.5. The quantitative estimate of drug-likeness (QED) is 0.682. The molecule has 2 aromatic heterocycles. The number of hydrogen-bond donors (Lipinski definition) is 2. The minimum Gasteiger partial charge on any atom is -0.465 e. The standard InChI is InChI=1S/C20H22N6O3/c1-2-29-19-23-17(21)16-18(24-19)26(12-22-16)11-13-3-5-14(6-4-13)15-7-9-25(10-8-15)20(27)28/h3-7,12H,2,8-11H2,1H3,(H,27,28)(H2,21,23,24). The summed E-state index contributed by atoms with van der Waals surface area (Å²) >= 11 is 0. The summed E-state index contributed by atoms with van der Waals surface area (Å²) in [5.74, 6) is 0.298. The highest BCUT2D eigenvalue weighted by molar-refractivity contribution is 5.82. The SMILES string of the molecule is CCOc1nc(N)c2ncn(Cc3ccc(C4=CCN(C(=O)O)CC4)cc3)c2n1. The molecule has 0 fully saturated rings. The fraction of sp³-hybridized carbons (Fsp3) is 0.300. The Labute approximate surface area is 167 Å². The van der Waals surface area contributed by atoms with E-state index in [-0.39, 0.29) is 6.01 Å². The number of anilines is 1. The van der Waals surface area contributed by atoms with Crippen LogP contribution in [-0.4, -0.2) is 55.3 Å². The fourth-order valence-electron chi connectivity index (χ4n) is 3.38. The number of fused-ring (bicyclic) bond motifs is 1. The van der Waals surface area contributed by atoms with Gasteiger partial charge in [-0.15, -0.1) is 0 Å². The number of nitrogen functional groups attached to an aromatic ring is 1. The first-order chi connectivity index (χ1) is 14.0. The van der Waals surface area contributed by atoms with Crippen molar-refractivity contribution < 1.29 is 14.6 Å². The summed E-state index contributed by atoms with van der Waals surface area (Å²) in [6.45, 7) is 3.86. The van der Waals surface area contributed by atoms with Gasteiger partial charge in [-0.3, -0.25) is 0 Å². The van der Waals surface area contributed by atoms with Crippen LogP contribution in [-0.2, 0) is 6.54 Å². The predicted molar refractivity (Wildman–Crippen MR) is 109 cm³/mol. The highest BCUT2D eigenvalue weighted by Gasteiger charge is 2.17. The van der Waals surface area contributed by atoms with Gasteiger partial charge < -0.3 is 25.0 Å². The van der Waals surface area contributed by atoms with Gasteiger partial charge in [0.15, 0.2) is 17.0 Å². The first-order valence-electron chi connectivity index (χ1n) is 9.42. The van der Waals surface area contributed by atoms with E-state index in [4.69, 9.17) is 15.6 Å². The van der Waals surface area contributed by atoms with E-state index in [9.17, 15) is 4.79 Å². The third kappa shape index (κ3) is 3.84. The number of ether oxygens (including phenoxy) is 1. The van der Waals surface area contributed by atoms with Gasteiger partial charge in [0.1, 0.15) is 0 Å². The minimum absolute atomic E-state index is 0.245. The van der Waals surface area contributed by atoms with Crippen molar-refractivity contribution in [3.8, 4) is 6.01 Å². The fourth-order valence-corrected chi connectivity index (χ4v) is 3.38. The number of nitrogens with two attached hydrogens (primary N) is 1. The van der Waals surface area contributed by atoms with E-state index in [1.807, 2.05) is 17.6 Å². The molecule has 1 aliphatic heterocycles. The molecule has 0 unspecified atom stereocenters. The molecule has 0 aliphatic carbocycles. The van der Waals surface area contributed by atoms with Crippen LogP contribution in [0.4, 0.5) is 10.6 Å². The van der Waals surface area contributed by atoms with Gasteiger partial charge in [0, 0.05) is 13.1 Å². The second-order valence-corrected chi connectivity index (χ2v) is 6.77. The highest BCUT2D eigenvalue weighted by Crippen LogP contribution is 2.24. The van der Waals surface area contributed by atoms with Gasteiger partial charge in [-0.25, -0.2) is 9.78 Å². The van der Waals surface area contributed by atoms with Crippen LogP contribution in [0.5, 0.6) is 6.01 Å². The zero-order valence-corrected chi connectivity index (χ0v) is 16.1. The van der Waals surface area contributed by atoms with Gasteiger partial charge in [0.05, 0.1) is 19.5 Å². The summed E-state index contributed by atoms with van der Waals surface area (Å²) in [6, 6.07) is 8.48. The first kappa shape index (κ1) is 18.7. The van der Waals surface area contributed by atoms with Crippen LogP contribution in [0.3, 0.4) is 0 Å². The number of aromatic nitrogens is 4. The number of rotatable bonds is 5. The number of nitrogens with zero attached hydrogens (tertiary/aromatic N) is 5. The minimum atomic E-state index is -0.875. The van der Waals surface area contributed by atoms with Gasteiger partial charge in [0.2, 0.25) is 0 Å². The maximum absolute atomic E-state index is 11.0. The lowest BCUT2D eigenvalue weighted by Crippen LogP contribution is -2.33. The van der Waals surface area contributed by atoms with Gasteiger partial charge in [-0.2, -0.15) is 9.97 Å². The van der Waals surface area contributed by atoms with Crippen molar-refractivity contribution >= 4 is 28.6 Å². The summed E-state index contributed by atoms with van der Waals surface area (Å²) in [6.07, 6.45) is 3.52. The summed E-state index contributed by atoms with van der Waals surface area (Å²) in [5, 5.41) is 9.06. The van der Waals surface area contributed by atoms with Crippen LogP contribution >= 0.6 is 0 Å². The number of amides is 1. The van der Waals surface area contributed by atoms with E-state index >= 15 is 0 Å². The molecule has 1 aliphatic rings. The Hall–Kier alpha value is -3.62. The monoisotopic (exact) mass is 394 g/mol. The Kier molecular flexibility index (Phi) is 5.03. The van der Waals surface area contributed by atoms with Gasteiger partial charge in [-0.1, -0.05) is 30.3 Å². The Morgan fingerprint density at radius 1 is 1.28 bits per heavy atom. The molecule has 0 atom stereocenters. The van der Waals surface area contributed by atoms with E-state index < -0.39 is 6.09 Å². The summed E-state index contributed by atoms with van der Waals surface area (Å²) < 4.78 is 7.30. The number of carbonyl (C=O) groups is 1. The molecule has 3 heterocycles. The number of hydrogen-bond acceptors (Lipinski definition) is 6. The third-order valence-electron chi connectivity index (χ3n) is 4.90. The van der Waals surface area contributed by atoms with Crippen molar-refractivity contribution in [1.29, 1.82) is 0 Å². The van der Waals surface area contributed by atoms with E-state index in [2.05, 4.69) is 39.2 Å². The average Bonchev–Trinajstić information content (AvgIpc) is 3.12. The topological polar surface area (TPSA) is 119 Å². The summed E-state index contributed by atoms with van der Waals surface area (Å²) in [7, 11) is 0. The van der Waals surface area contributed by atoms with Crippen LogP contribution < -0.4 is 10.5 Å². The van der Waals surface area contributed by atoms with E-state index in [1.54, 1.807) is 6.33 Å². The van der Waals surface area contributed by atoms with Crippen LogP contribution in [0.25, 0.3) is 16.7 Å². The Morgan fingerprint density at radius 2 is 2.07 bits per heavy atom. The molecule has 29 heavy (non-hydrogen) atoms. The molecule has 9 heteroatoms. The highest BCUT2D eigenvalue weighted by atomic mass is 16.5.